The Kier molecular flexibility index (Phi) is 7.87. The molecule has 0 aliphatic carbocycles. The molecule has 0 spiro atoms. The van der Waals surface area contributed by atoms with E-state index in [1.807, 2.05) is 62.4 Å². The largest absolute Gasteiger partial charge is 0.490 e. The lowest BCUT2D eigenvalue weighted by atomic mass is 9.97. The summed E-state index contributed by atoms with van der Waals surface area (Å²) >= 11 is 0. The van der Waals surface area contributed by atoms with Gasteiger partial charge in [-0.1, -0.05) is 66.7 Å². The fraction of sp³-hybridized carbons (Fsp3) is 0.219. The number of benzene rings is 4. The lowest BCUT2D eigenvalue weighted by Crippen LogP contribution is -2.31. The van der Waals surface area contributed by atoms with Gasteiger partial charge in [0.2, 0.25) is 0 Å². The third-order valence-corrected chi connectivity index (χ3v) is 6.54. The maximum atomic E-state index is 13.4. The van der Waals surface area contributed by atoms with Crippen LogP contribution in [-0.2, 0) is 9.53 Å². The van der Waals surface area contributed by atoms with Crippen molar-refractivity contribution in [2.24, 2.45) is 5.10 Å². The number of esters is 1. The van der Waals surface area contributed by atoms with Crippen molar-refractivity contribution in [1.29, 1.82) is 0 Å². The third kappa shape index (κ3) is 5.77. The minimum absolute atomic E-state index is 0.274. The van der Waals surface area contributed by atoms with Crippen molar-refractivity contribution in [3.63, 3.8) is 0 Å². The molecule has 7 heteroatoms. The predicted octanol–water partition coefficient (Wildman–Crippen LogP) is 6.17. The third-order valence-electron chi connectivity index (χ3n) is 6.54. The molecule has 39 heavy (non-hydrogen) atoms. The maximum Gasteiger partial charge on any atom is 0.338 e. The van der Waals surface area contributed by atoms with Gasteiger partial charge in [-0.25, -0.2) is 9.80 Å². The van der Waals surface area contributed by atoms with Crippen LogP contribution in [0.15, 0.2) is 96.1 Å². The molecule has 4 aromatic rings. The van der Waals surface area contributed by atoms with Crippen LogP contribution < -0.4 is 9.47 Å². The molecule has 1 amide bonds. The quantitative estimate of drug-likeness (QED) is 0.246. The molecule has 4 aromatic carbocycles. The predicted molar refractivity (Wildman–Crippen MR) is 150 cm³/mol. The second-order valence-corrected chi connectivity index (χ2v) is 9.08. The molecule has 0 fully saturated rings. The number of fused-ring (bicyclic) bond motifs is 1. The van der Waals surface area contributed by atoms with Crippen LogP contribution in [0.3, 0.4) is 0 Å². The van der Waals surface area contributed by atoms with Crippen molar-refractivity contribution in [2.75, 3.05) is 19.8 Å². The van der Waals surface area contributed by atoms with Gasteiger partial charge in [-0.05, 0) is 60.0 Å². The number of hydrogen-bond acceptors (Lipinski definition) is 6. The number of rotatable bonds is 9. The zero-order chi connectivity index (χ0) is 27.2. The van der Waals surface area contributed by atoms with Gasteiger partial charge in [-0.15, -0.1) is 0 Å². The smallest absolute Gasteiger partial charge is 0.338 e. The van der Waals surface area contributed by atoms with Crippen LogP contribution in [0, 0.1) is 0 Å². The highest BCUT2D eigenvalue weighted by Gasteiger charge is 2.33. The van der Waals surface area contributed by atoms with Crippen LogP contribution in [0.1, 0.15) is 47.8 Å². The molecular formula is C32H30N2O5. The van der Waals surface area contributed by atoms with Gasteiger partial charge in [0.1, 0.15) is 0 Å². The number of carbonyl (C=O) groups excluding carboxylic acids is 2. The lowest BCUT2D eigenvalue weighted by Gasteiger charge is -2.22. The van der Waals surface area contributed by atoms with E-state index in [2.05, 4.69) is 24.3 Å². The first-order valence-corrected chi connectivity index (χ1v) is 13.1. The summed E-state index contributed by atoms with van der Waals surface area (Å²) in [4.78, 5) is 26.2. The zero-order valence-corrected chi connectivity index (χ0v) is 22.0. The van der Waals surface area contributed by atoms with Crippen LogP contribution in [0.2, 0.25) is 0 Å². The SMILES string of the molecule is CCOc1ccc(C(=O)OCC(=O)N2N=C(c3ccc4ccccc4c3)CC2c2ccccc2)cc1OCC. The number of ether oxygens (including phenoxy) is 3. The molecule has 198 valence electrons. The van der Waals surface area contributed by atoms with Gasteiger partial charge in [-0.2, -0.15) is 5.10 Å². The van der Waals surface area contributed by atoms with E-state index >= 15 is 0 Å². The van der Waals surface area contributed by atoms with E-state index in [0.717, 1.165) is 27.6 Å². The molecule has 1 atom stereocenters. The molecule has 1 unspecified atom stereocenters. The van der Waals surface area contributed by atoms with Crippen molar-refractivity contribution >= 4 is 28.4 Å². The second-order valence-electron chi connectivity index (χ2n) is 9.08. The maximum absolute atomic E-state index is 13.4. The van der Waals surface area contributed by atoms with Gasteiger partial charge < -0.3 is 14.2 Å². The molecule has 0 aromatic heterocycles. The van der Waals surface area contributed by atoms with Gasteiger partial charge in [0.15, 0.2) is 18.1 Å². The van der Waals surface area contributed by atoms with E-state index in [1.165, 1.54) is 5.01 Å². The molecule has 5 rings (SSSR count). The number of hydrogen-bond donors (Lipinski definition) is 0. The topological polar surface area (TPSA) is 77.4 Å². The van der Waals surface area contributed by atoms with Gasteiger partial charge >= 0.3 is 5.97 Å². The second kappa shape index (κ2) is 11.8. The van der Waals surface area contributed by atoms with E-state index in [9.17, 15) is 9.59 Å². The Bertz CT molecular complexity index is 1520. The van der Waals surface area contributed by atoms with E-state index in [1.54, 1.807) is 18.2 Å². The molecule has 1 aliphatic rings. The number of hydrazone groups is 1. The van der Waals surface area contributed by atoms with Crippen LogP contribution in [-0.4, -0.2) is 42.4 Å². The summed E-state index contributed by atoms with van der Waals surface area (Å²) in [5.74, 6) is -0.0238. The fourth-order valence-electron chi connectivity index (χ4n) is 4.67. The summed E-state index contributed by atoms with van der Waals surface area (Å²) in [5, 5.41) is 8.40. The summed E-state index contributed by atoms with van der Waals surface area (Å²) in [6.45, 7) is 4.18. The fourth-order valence-corrected chi connectivity index (χ4v) is 4.67. The molecule has 0 bridgehead atoms. The van der Waals surface area contributed by atoms with Crippen molar-refractivity contribution < 1.29 is 23.8 Å². The van der Waals surface area contributed by atoms with Crippen molar-refractivity contribution in [2.45, 2.75) is 26.3 Å². The minimum atomic E-state index is -0.624. The molecule has 7 nitrogen and oxygen atoms in total. The first kappa shape index (κ1) is 26.0. The summed E-state index contributed by atoms with van der Waals surface area (Å²) in [6, 6.07) is 28.6. The molecule has 0 radical (unpaired) electrons. The Labute approximate surface area is 227 Å². The van der Waals surface area contributed by atoms with Gasteiger partial charge in [0.25, 0.3) is 5.91 Å². The van der Waals surface area contributed by atoms with E-state index in [0.29, 0.717) is 31.1 Å². The van der Waals surface area contributed by atoms with Crippen LogP contribution in [0.4, 0.5) is 0 Å². The Hall–Kier alpha value is -4.65. The highest BCUT2D eigenvalue weighted by atomic mass is 16.5. The molecule has 0 saturated carbocycles. The van der Waals surface area contributed by atoms with Crippen LogP contribution in [0.5, 0.6) is 11.5 Å². The Morgan fingerprint density at radius 3 is 2.31 bits per heavy atom. The van der Waals surface area contributed by atoms with Crippen LogP contribution >= 0.6 is 0 Å². The molecular weight excluding hydrogens is 492 g/mol. The highest BCUT2D eigenvalue weighted by molar-refractivity contribution is 6.05. The summed E-state index contributed by atoms with van der Waals surface area (Å²) in [6.07, 6.45) is 0.554. The monoisotopic (exact) mass is 522 g/mol. The summed E-state index contributed by atoms with van der Waals surface area (Å²) in [5.41, 5.74) is 3.00. The van der Waals surface area contributed by atoms with Gasteiger partial charge in [-0.3, -0.25) is 4.79 Å². The zero-order valence-electron chi connectivity index (χ0n) is 22.0. The first-order chi connectivity index (χ1) is 19.1. The van der Waals surface area contributed by atoms with E-state index in [-0.39, 0.29) is 11.6 Å². The Morgan fingerprint density at radius 1 is 0.821 bits per heavy atom. The van der Waals surface area contributed by atoms with E-state index in [4.69, 9.17) is 19.3 Å². The standard InChI is InChI=1S/C32H30N2O5/c1-3-37-29-17-16-26(19-30(29)38-4-2)32(36)39-21-31(35)34-28(23-11-6-5-7-12-23)20-27(33-34)25-15-14-22-10-8-9-13-24(22)18-25/h5-19,28H,3-4,20-21H2,1-2H3. The van der Waals surface area contributed by atoms with Crippen molar-refractivity contribution in [1.82, 2.24) is 5.01 Å². The average Bonchev–Trinajstić information content (AvgIpc) is 3.43. The number of amides is 1. The van der Waals surface area contributed by atoms with Crippen molar-refractivity contribution in [3.05, 3.63) is 108 Å². The lowest BCUT2D eigenvalue weighted by molar-refractivity contribution is -0.136. The Morgan fingerprint density at radius 2 is 1.54 bits per heavy atom. The minimum Gasteiger partial charge on any atom is -0.490 e. The highest BCUT2D eigenvalue weighted by Crippen LogP contribution is 2.34. The van der Waals surface area contributed by atoms with Crippen LogP contribution in [0.25, 0.3) is 10.8 Å². The molecule has 1 aliphatic heterocycles. The first-order valence-electron chi connectivity index (χ1n) is 13.1. The van der Waals surface area contributed by atoms with Gasteiger partial charge in [0, 0.05) is 6.42 Å². The normalized spacial score (nSPS) is 14.7. The molecule has 0 N–H and O–H groups in total. The van der Waals surface area contributed by atoms with Crippen molar-refractivity contribution in [3.8, 4) is 11.5 Å². The molecule has 0 saturated heterocycles. The summed E-state index contributed by atoms with van der Waals surface area (Å²) < 4.78 is 16.6. The number of nitrogens with zero attached hydrogens (tertiary/aromatic N) is 2. The Balaban J connectivity index is 1.35. The van der Waals surface area contributed by atoms with Gasteiger partial charge in [0.05, 0.1) is 30.5 Å². The number of carbonyl (C=O) groups is 2. The molecule has 1 heterocycles. The average molecular weight is 523 g/mol. The summed E-state index contributed by atoms with van der Waals surface area (Å²) in [7, 11) is 0. The van der Waals surface area contributed by atoms with E-state index < -0.39 is 18.5 Å².